The van der Waals surface area contributed by atoms with Crippen LogP contribution in [0.5, 0.6) is 0 Å². The van der Waals surface area contributed by atoms with Crippen molar-refractivity contribution in [2.24, 2.45) is 0 Å². The van der Waals surface area contributed by atoms with E-state index in [2.05, 4.69) is 9.80 Å². The quantitative estimate of drug-likeness (QED) is 0.751. The summed E-state index contributed by atoms with van der Waals surface area (Å²) in [5.74, 6) is 0.114. The molecule has 2 atom stereocenters. The van der Waals surface area contributed by atoms with Gasteiger partial charge in [-0.25, -0.2) is 4.21 Å². The Hall–Kier alpha value is -0.500. The first-order valence-corrected chi connectivity index (χ1v) is 8.56. The lowest BCUT2D eigenvalue weighted by atomic mass is 10.1. The molecule has 0 aliphatic carbocycles. The summed E-state index contributed by atoms with van der Waals surface area (Å²) < 4.78 is 21.2. The summed E-state index contributed by atoms with van der Waals surface area (Å²) in [6, 6.07) is 0. The van der Waals surface area contributed by atoms with Crippen LogP contribution < -0.4 is 0 Å². The summed E-state index contributed by atoms with van der Waals surface area (Å²) in [6.45, 7) is 7.08. The smallest absolute Gasteiger partial charge is 0.219 e. The van der Waals surface area contributed by atoms with Crippen molar-refractivity contribution in [2.45, 2.75) is 31.6 Å². The summed E-state index contributed by atoms with van der Waals surface area (Å²) in [5, 5.41) is -0.292. The monoisotopic (exact) mass is 303 g/mol. The molecule has 116 valence electrons. The van der Waals surface area contributed by atoms with Crippen LogP contribution in [0, 0.1) is 0 Å². The van der Waals surface area contributed by atoms with Crippen LogP contribution >= 0.6 is 0 Å². The van der Waals surface area contributed by atoms with E-state index in [1.807, 2.05) is 4.90 Å². The fourth-order valence-corrected chi connectivity index (χ4v) is 3.78. The summed E-state index contributed by atoms with van der Waals surface area (Å²) in [5.41, 5.74) is 0. The molecule has 2 aliphatic heterocycles. The first-order chi connectivity index (χ1) is 9.58. The van der Waals surface area contributed by atoms with E-state index in [9.17, 15) is 13.6 Å². The molecule has 0 saturated carbocycles. The predicted molar refractivity (Wildman–Crippen MR) is 78.7 cm³/mol. The van der Waals surface area contributed by atoms with Crippen molar-refractivity contribution in [3.05, 3.63) is 0 Å². The molecule has 2 aliphatic rings. The van der Waals surface area contributed by atoms with Crippen LogP contribution in [-0.4, -0.2) is 80.6 Å². The number of hydrogen-bond acceptors (Lipinski definition) is 4. The number of piperazine rings is 1. The Labute approximate surface area is 123 Å². The van der Waals surface area contributed by atoms with E-state index < -0.39 is 11.1 Å². The molecule has 7 heteroatoms. The van der Waals surface area contributed by atoms with E-state index in [-0.39, 0.29) is 11.3 Å². The molecular formula is C13H25N3O3S. The molecule has 0 aromatic rings. The van der Waals surface area contributed by atoms with Crippen molar-refractivity contribution in [3.63, 3.8) is 0 Å². The molecule has 20 heavy (non-hydrogen) atoms. The molecule has 0 radical (unpaired) electrons. The van der Waals surface area contributed by atoms with Gasteiger partial charge < -0.3 is 9.45 Å². The molecular weight excluding hydrogens is 278 g/mol. The Morgan fingerprint density at radius 3 is 2.20 bits per heavy atom. The van der Waals surface area contributed by atoms with Crippen LogP contribution in [0.1, 0.15) is 26.2 Å². The number of rotatable bonds is 4. The van der Waals surface area contributed by atoms with E-state index in [0.717, 1.165) is 52.1 Å². The zero-order chi connectivity index (χ0) is 14.5. The van der Waals surface area contributed by atoms with Gasteiger partial charge in [-0.3, -0.25) is 14.6 Å². The zero-order valence-corrected chi connectivity index (χ0v) is 13.0. The fourth-order valence-electron chi connectivity index (χ4n) is 2.98. The zero-order valence-electron chi connectivity index (χ0n) is 12.2. The minimum absolute atomic E-state index is 0.114. The topological polar surface area (TPSA) is 64.1 Å². The van der Waals surface area contributed by atoms with E-state index in [0.29, 0.717) is 6.54 Å². The van der Waals surface area contributed by atoms with Gasteiger partial charge in [-0.15, -0.1) is 0 Å². The largest absolute Gasteiger partial charge is 0.340 e. The van der Waals surface area contributed by atoms with E-state index in [4.69, 9.17) is 0 Å². The van der Waals surface area contributed by atoms with Crippen LogP contribution in [0.4, 0.5) is 0 Å². The van der Waals surface area contributed by atoms with Gasteiger partial charge in [0, 0.05) is 39.6 Å². The molecule has 2 rings (SSSR count). The predicted octanol–water partition coefficient (Wildman–Crippen LogP) is 0.184. The third-order valence-corrected chi connectivity index (χ3v) is 5.18. The fraction of sp³-hybridized carbons (Fsp3) is 0.923. The number of nitrogens with zero attached hydrogens (tertiary/aromatic N) is 3. The molecule has 1 amide bonds. The van der Waals surface area contributed by atoms with Crippen molar-refractivity contribution < 1.29 is 13.6 Å². The Bertz CT molecular complexity index is 353. The summed E-state index contributed by atoms with van der Waals surface area (Å²) in [4.78, 5) is 17.5. The van der Waals surface area contributed by atoms with E-state index >= 15 is 0 Å². The molecule has 2 heterocycles. The third-order valence-electron chi connectivity index (χ3n) is 4.26. The Balaban J connectivity index is 1.86. The van der Waals surface area contributed by atoms with E-state index in [1.54, 1.807) is 6.92 Å². The number of hydrogen-bond donors (Lipinski definition) is 1. The average Bonchev–Trinajstić information content (AvgIpc) is 2.46. The SMILES string of the molecule is CC(=O)N1CCN(CC(N2CCCCC2)S(=O)O)CC1. The number of likely N-dealkylation sites (tertiary alicyclic amines) is 1. The third kappa shape index (κ3) is 4.25. The lowest BCUT2D eigenvalue weighted by molar-refractivity contribution is -0.130. The van der Waals surface area contributed by atoms with Crippen LogP contribution in [0.15, 0.2) is 0 Å². The van der Waals surface area contributed by atoms with Crippen molar-refractivity contribution in [1.82, 2.24) is 14.7 Å². The summed E-state index contributed by atoms with van der Waals surface area (Å²) >= 11 is -1.82. The normalized spacial score (nSPS) is 25.4. The minimum atomic E-state index is -1.82. The van der Waals surface area contributed by atoms with E-state index in [1.165, 1.54) is 6.42 Å². The maximum Gasteiger partial charge on any atom is 0.219 e. The molecule has 0 bridgehead atoms. The van der Waals surface area contributed by atoms with Gasteiger partial charge in [0.2, 0.25) is 5.91 Å². The second-order valence-electron chi connectivity index (χ2n) is 5.63. The second kappa shape index (κ2) is 7.49. The van der Waals surface area contributed by atoms with Gasteiger partial charge in [-0.1, -0.05) is 6.42 Å². The Morgan fingerprint density at radius 2 is 1.70 bits per heavy atom. The first-order valence-electron chi connectivity index (χ1n) is 7.39. The molecule has 0 aromatic heterocycles. The lowest BCUT2D eigenvalue weighted by Gasteiger charge is -2.39. The highest BCUT2D eigenvalue weighted by atomic mass is 32.2. The average molecular weight is 303 g/mol. The molecule has 6 nitrogen and oxygen atoms in total. The van der Waals surface area contributed by atoms with Crippen LogP contribution in [0.3, 0.4) is 0 Å². The number of carbonyl (C=O) groups is 1. The van der Waals surface area contributed by atoms with Crippen molar-refractivity contribution in [2.75, 3.05) is 45.8 Å². The van der Waals surface area contributed by atoms with Gasteiger partial charge in [-0.05, 0) is 25.9 Å². The molecule has 1 N–H and O–H groups in total. The molecule has 2 saturated heterocycles. The van der Waals surface area contributed by atoms with Gasteiger partial charge >= 0.3 is 0 Å². The van der Waals surface area contributed by atoms with Crippen molar-refractivity contribution in [3.8, 4) is 0 Å². The molecule has 0 spiro atoms. The van der Waals surface area contributed by atoms with Gasteiger partial charge in [0.05, 0.1) is 0 Å². The standard InChI is InChI=1S/C13H25N3O3S/c1-12(17)15-9-7-14(8-10-15)11-13(20(18)19)16-5-3-2-4-6-16/h13H,2-11H2,1H3,(H,18,19). The van der Waals surface area contributed by atoms with Gasteiger partial charge in [0.15, 0.2) is 11.1 Å². The minimum Gasteiger partial charge on any atom is -0.340 e. The maximum atomic E-state index is 11.6. The van der Waals surface area contributed by atoms with Crippen LogP contribution in [0.25, 0.3) is 0 Å². The van der Waals surface area contributed by atoms with Crippen molar-refractivity contribution >= 4 is 17.0 Å². The van der Waals surface area contributed by atoms with Gasteiger partial charge in [0.25, 0.3) is 0 Å². The summed E-state index contributed by atoms with van der Waals surface area (Å²) in [7, 11) is 0. The lowest BCUT2D eigenvalue weighted by Crippen LogP contribution is -2.54. The molecule has 2 unspecified atom stereocenters. The van der Waals surface area contributed by atoms with Gasteiger partial charge in [0.1, 0.15) is 5.37 Å². The molecule has 0 aromatic carbocycles. The van der Waals surface area contributed by atoms with Crippen LogP contribution in [0.2, 0.25) is 0 Å². The van der Waals surface area contributed by atoms with Gasteiger partial charge in [-0.2, -0.15) is 0 Å². The first kappa shape index (κ1) is 15.9. The number of amides is 1. The Morgan fingerprint density at radius 1 is 1.10 bits per heavy atom. The highest BCUT2D eigenvalue weighted by Gasteiger charge is 2.29. The number of piperidine rings is 1. The summed E-state index contributed by atoms with van der Waals surface area (Å²) in [6.07, 6.45) is 3.45. The number of carbonyl (C=O) groups excluding carboxylic acids is 1. The highest BCUT2D eigenvalue weighted by molar-refractivity contribution is 7.79. The highest BCUT2D eigenvalue weighted by Crippen LogP contribution is 2.15. The second-order valence-corrected chi connectivity index (χ2v) is 6.73. The van der Waals surface area contributed by atoms with Crippen LogP contribution in [-0.2, 0) is 15.9 Å². The molecule has 2 fully saturated rings. The maximum absolute atomic E-state index is 11.6. The van der Waals surface area contributed by atoms with Crippen molar-refractivity contribution in [1.29, 1.82) is 0 Å². The Kier molecular flexibility index (Phi) is 5.95.